The Morgan fingerprint density at radius 3 is 2.10 bits per heavy atom. The number of nitrogens with zero attached hydrogens (tertiary/aromatic N) is 1. The van der Waals surface area contributed by atoms with Gasteiger partial charge in [-0.1, -0.05) is 24.3 Å². The molecular weight excluding hydrogens is 260 g/mol. The maximum Gasteiger partial charge on any atom is 0.303 e. The highest BCUT2D eigenvalue weighted by Crippen LogP contribution is 2.36. The first-order chi connectivity index (χ1) is 9.52. The van der Waals surface area contributed by atoms with Crippen molar-refractivity contribution in [2.45, 2.75) is 0 Å². The van der Waals surface area contributed by atoms with Gasteiger partial charge < -0.3 is 5.73 Å². The Kier molecular flexibility index (Phi) is 2.40. The molecule has 0 bridgehead atoms. The van der Waals surface area contributed by atoms with Crippen molar-refractivity contribution >= 4 is 22.9 Å². The van der Waals surface area contributed by atoms with E-state index in [-0.39, 0.29) is 27.9 Å². The minimum Gasteiger partial charge on any atom is -0.393 e. The molecule has 0 spiro atoms. The summed E-state index contributed by atoms with van der Waals surface area (Å²) in [4.78, 5) is 35.1. The number of hydrogen-bond acceptors (Lipinski definition) is 5. The Morgan fingerprint density at radius 1 is 0.900 bits per heavy atom. The molecule has 0 aromatic heterocycles. The quantitative estimate of drug-likeness (QED) is 0.412. The van der Waals surface area contributed by atoms with E-state index in [1.165, 1.54) is 24.3 Å². The number of carbonyl (C=O) groups excluding carboxylic acids is 2. The van der Waals surface area contributed by atoms with E-state index < -0.39 is 22.2 Å². The van der Waals surface area contributed by atoms with Gasteiger partial charge in [0.25, 0.3) is 0 Å². The van der Waals surface area contributed by atoms with Gasteiger partial charge in [-0.05, 0) is 12.1 Å². The second-order valence-corrected chi connectivity index (χ2v) is 4.39. The van der Waals surface area contributed by atoms with Gasteiger partial charge in [-0.25, -0.2) is 0 Å². The van der Waals surface area contributed by atoms with Crippen LogP contribution in [0.5, 0.6) is 0 Å². The molecule has 2 aromatic rings. The summed E-state index contributed by atoms with van der Waals surface area (Å²) in [5.74, 6) is -0.951. The standard InChI is InChI=1S/C14H8N2O4/c15-10-6-5-9-11(12(10)16(19)20)14(18)8-4-2-1-3-7(8)13(9)17/h1-6H,15H2. The van der Waals surface area contributed by atoms with Gasteiger partial charge in [0.1, 0.15) is 11.3 Å². The highest BCUT2D eigenvalue weighted by Gasteiger charge is 2.36. The summed E-state index contributed by atoms with van der Waals surface area (Å²) in [5, 5.41) is 11.1. The molecule has 6 nitrogen and oxygen atoms in total. The monoisotopic (exact) mass is 268 g/mol. The number of hydrogen-bond donors (Lipinski definition) is 1. The molecule has 2 N–H and O–H groups in total. The molecule has 6 heteroatoms. The summed E-state index contributed by atoms with van der Waals surface area (Å²) in [6, 6.07) is 8.88. The Hall–Kier alpha value is -3.02. The number of nitrogen functional groups attached to an aromatic ring is 1. The average molecular weight is 268 g/mol. The summed E-state index contributed by atoms with van der Waals surface area (Å²) in [5.41, 5.74) is 5.15. The van der Waals surface area contributed by atoms with Crippen LogP contribution in [0.2, 0.25) is 0 Å². The lowest BCUT2D eigenvalue weighted by molar-refractivity contribution is -0.384. The molecule has 98 valence electrons. The largest absolute Gasteiger partial charge is 0.393 e. The minimum absolute atomic E-state index is 0.0228. The predicted molar refractivity (Wildman–Crippen MR) is 70.8 cm³/mol. The van der Waals surface area contributed by atoms with E-state index in [2.05, 4.69) is 0 Å². The van der Waals surface area contributed by atoms with Gasteiger partial charge in [-0.3, -0.25) is 19.7 Å². The molecule has 0 radical (unpaired) electrons. The molecule has 3 rings (SSSR count). The lowest BCUT2D eigenvalue weighted by Crippen LogP contribution is -2.22. The highest BCUT2D eigenvalue weighted by atomic mass is 16.6. The van der Waals surface area contributed by atoms with Crippen molar-refractivity contribution in [3.05, 3.63) is 68.8 Å². The van der Waals surface area contributed by atoms with Crippen LogP contribution in [-0.2, 0) is 0 Å². The molecule has 1 aliphatic carbocycles. The van der Waals surface area contributed by atoms with Crippen molar-refractivity contribution < 1.29 is 14.5 Å². The number of benzene rings is 2. The van der Waals surface area contributed by atoms with E-state index in [1.807, 2.05) is 0 Å². The molecule has 0 heterocycles. The maximum absolute atomic E-state index is 12.4. The van der Waals surface area contributed by atoms with Crippen LogP contribution in [-0.4, -0.2) is 16.5 Å². The molecule has 2 aromatic carbocycles. The summed E-state index contributed by atoms with van der Waals surface area (Å²) in [6.07, 6.45) is 0. The van der Waals surface area contributed by atoms with Crippen LogP contribution in [0.1, 0.15) is 31.8 Å². The Morgan fingerprint density at radius 2 is 1.50 bits per heavy atom. The zero-order valence-corrected chi connectivity index (χ0v) is 10.1. The first-order valence-electron chi connectivity index (χ1n) is 5.77. The van der Waals surface area contributed by atoms with Crippen LogP contribution in [0.15, 0.2) is 36.4 Å². The van der Waals surface area contributed by atoms with Gasteiger partial charge in [-0.2, -0.15) is 0 Å². The molecule has 0 saturated heterocycles. The zero-order valence-electron chi connectivity index (χ0n) is 10.1. The van der Waals surface area contributed by atoms with Crippen molar-refractivity contribution in [1.82, 2.24) is 0 Å². The number of ketones is 2. The summed E-state index contributed by atoms with van der Waals surface area (Å²) >= 11 is 0. The van der Waals surface area contributed by atoms with Gasteiger partial charge >= 0.3 is 5.69 Å². The van der Waals surface area contributed by atoms with E-state index >= 15 is 0 Å². The van der Waals surface area contributed by atoms with Gasteiger partial charge in [0.05, 0.1) is 4.92 Å². The van der Waals surface area contributed by atoms with Crippen molar-refractivity contribution in [2.75, 3.05) is 5.73 Å². The first kappa shape index (κ1) is 12.0. The van der Waals surface area contributed by atoms with Crippen LogP contribution in [0.25, 0.3) is 0 Å². The number of nitro benzene ring substituents is 1. The molecule has 20 heavy (non-hydrogen) atoms. The predicted octanol–water partition coefficient (Wildman–Crippen LogP) is 1.95. The molecular formula is C14H8N2O4. The summed E-state index contributed by atoms with van der Waals surface area (Å²) in [7, 11) is 0. The van der Waals surface area contributed by atoms with E-state index in [0.717, 1.165) is 0 Å². The topological polar surface area (TPSA) is 103 Å². The number of nitrogens with two attached hydrogens (primary N) is 1. The maximum atomic E-state index is 12.4. The SMILES string of the molecule is Nc1ccc2c(c1[N+](=O)[O-])C(=O)c1ccccc1C2=O. The Bertz CT molecular complexity index is 796. The lowest BCUT2D eigenvalue weighted by atomic mass is 9.83. The van der Waals surface area contributed by atoms with Crippen molar-refractivity contribution in [1.29, 1.82) is 0 Å². The second kappa shape index (κ2) is 3.99. The van der Waals surface area contributed by atoms with Crippen molar-refractivity contribution in [3.8, 4) is 0 Å². The molecule has 0 fully saturated rings. The van der Waals surface area contributed by atoms with E-state index in [4.69, 9.17) is 5.73 Å². The fourth-order valence-electron chi connectivity index (χ4n) is 2.38. The van der Waals surface area contributed by atoms with Gasteiger partial charge in [0, 0.05) is 16.7 Å². The second-order valence-electron chi connectivity index (χ2n) is 4.39. The molecule has 0 aliphatic heterocycles. The molecule has 1 aliphatic rings. The Labute approximate surface area is 113 Å². The van der Waals surface area contributed by atoms with Gasteiger partial charge in [-0.15, -0.1) is 0 Å². The minimum atomic E-state index is -0.729. The lowest BCUT2D eigenvalue weighted by Gasteiger charge is -2.17. The van der Waals surface area contributed by atoms with E-state index in [1.54, 1.807) is 12.1 Å². The van der Waals surface area contributed by atoms with Crippen molar-refractivity contribution in [2.24, 2.45) is 0 Å². The van der Waals surface area contributed by atoms with E-state index in [9.17, 15) is 19.7 Å². The smallest absolute Gasteiger partial charge is 0.303 e. The number of nitro groups is 1. The fraction of sp³-hybridized carbons (Fsp3) is 0. The van der Waals surface area contributed by atoms with Crippen LogP contribution in [0.4, 0.5) is 11.4 Å². The fourth-order valence-corrected chi connectivity index (χ4v) is 2.38. The zero-order chi connectivity index (χ0) is 14.4. The van der Waals surface area contributed by atoms with Crippen LogP contribution < -0.4 is 5.73 Å². The normalized spacial score (nSPS) is 12.8. The van der Waals surface area contributed by atoms with Gasteiger partial charge in [0.2, 0.25) is 5.78 Å². The third-order valence-corrected chi connectivity index (χ3v) is 3.28. The van der Waals surface area contributed by atoms with Crippen LogP contribution in [0, 0.1) is 10.1 Å². The number of fused-ring (bicyclic) bond motifs is 2. The first-order valence-corrected chi connectivity index (χ1v) is 5.77. The molecule has 0 amide bonds. The average Bonchev–Trinajstić information content (AvgIpc) is 2.44. The molecule has 0 atom stereocenters. The third-order valence-electron chi connectivity index (χ3n) is 3.28. The number of rotatable bonds is 1. The van der Waals surface area contributed by atoms with Crippen LogP contribution >= 0.6 is 0 Å². The highest BCUT2D eigenvalue weighted by molar-refractivity contribution is 6.30. The number of anilines is 1. The third kappa shape index (κ3) is 1.45. The Balaban J connectivity index is 2.40. The van der Waals surface area contributed by atoms with Crippen LogP contribution in [0.3, 0.4) is 0 Å². The summed E-state index contributed by atoms with van der Waals surface area (Å²) < 4.78 is 0. The van der Waals surface area contributed by atoms with Gasteiger partial charge in [0.15, 0.2) is 5.78 Å². The van der Waals surface area contributed by atoms with E-state index in [0.29, 0.717) is 0 Å². The number of carbonyl (C=O) groups is 2. The molecule has 0 unspecified atom stereocenters. The summed E-state index contributed by atoms with van der Waals surface area (Å²) in [6.45, 7) is 0. The molecule has 0 saturated carbocycles. The van der Waals surface area contributed by atoms with Crippen molar-refractivity contribution in [3.63, 3.8) is 0 Å².